The van der Waals surface area contributed by atoms with Gasteiger partial charge >= 0.3 is 0 Å². The fourth-order valence-electron chi connectivity index (χ4n) is 0.249. The Morgan fingerprint density at radius 1 is 1.38 bits per heavy atom. The SMILES string of the molecule is CCC(=O)C(C)=O.[Sn]. The van der Waals surface area contributed by atoms with Crippen molar-refractivity contribution in [2.24, 2.45) is 0 Å². The fraction of sp³-hybridized carbons (Fsp3) is 0.600. The van der Waals surface area contributed by atoms with Gasteiger partial charge in [-0.05, 0) is 0 Å². The maximum absolute atomic E-state index is 10.2. The number of Topliss-reactive ketones (excluding diaryl/α,β-unsaturated/α-hetero) is 2. The summed E-state index contributed by atoms with van der Waals surface area (Å²) in [5.41, 5.74) is 0. The summed E-state index contributed by atoms with van der Waals surface area (Å²) >= 11 is 0. The molecule has 0 aromatic heterocycles. The van der Waals surface area contributed by atoms with Crippen molar-refractivity contribution in [1.82, 2.24) is 0 Å². The van der Waals surface area contributed by atoms with E-state index >= 15 is 0 Å². The second-order valence-electron chi connectivity index (χ2n) is 1.33. The van der Waals surface area contributed by atoms with Gasteiger partial charge in [-0.25, -0.2) is 0 Å². The number of hydrogen-bond donors (Lipinski definition) is 0. The van der Waals surface area contributed by atoms with Gasteiger partial charge in [-0.15, -0.1) is 0 Å². The van der Waals surface area contributed by atoms with Crippen LogP contribution in [0.2, 0.25) is 0 Å². The van der Waals surface area contributed by atoms with Crippen molar-refractivity contribution in [2.75, 3.05) is 0 Å². The van der Waals surface area contributed by atoms with Gasteiger partial charge in [0.15, 0.2) is 11.6 Å². The van der Waals surface area contributed by atoms with Gasteiger partial charge in [0.05, 0.1) is 0 Å². The Balaban J connectivity index is 0. The van der Waals surface area contributed by atoms with Crippen molar-refractivity contribution in [3.05, 3.63) is 0 Å². The third kappa shape index (κ3) is 4.30. The first-order chi connectivity index (χ1) is 3.18. The average molecular weight is 219 g/mol. The Morgan fingerprint density at radius 3 is 1.75 bits per heavy atom. The average Bonchev–Trinajstić information content (AvgIpc) is 1.65. The number of hydrogen-bond acceptors (Lipinski definition) is 2. The van der Waals surface area contributed by atoms with Gasteiger partial charge in [0, 0.05) is 37.3 Å². The first kappa shape index (κ1) is 11.0. The van der Waals surface area contributed by atoms with E-state index in [9.17, 15) is 9.59 Å². The molecule has 0 atom stereocenters. The Kier molecular flexibility index (Phi) is 7.26. The number of carbonyl (C=O) groups is 2. The van der Waals surface area contributed by atoms with Gasteiger partial charge in [0.2, 0.25) is 0 Å². The molecule has 0 heterocycles. The van der Waals surface area contributed by atoms with E-state index in [0.29, 0.717) is 6.42 Å². The zero-order valence-electron chi connectivity index (χ0n) is 5.02. The molecule has 8 heavy (non-hydrogen) atoms. The van der Waals surface area contributed by atoms with E-state index in [4.69, 9.17) is 0 Å². The molecule has 2 nitrogen and oxygen atoms in total. The van der Waals surface area contributed by atoms with E-state index in [2.05, 4.69) is 0 Å². The topological polar surface area (TPSA) is 34.1 Å². The fourth-order valence-corrected chi connectivity index (χ4v) is 0.249. The summed E-state index contributed by atoms with van der Waals surface area (Å²) < 4.78 is 0. The molecule has 4 radical (unpaired) electrons. The molecule has 0 unspecified atom stereocenters. The molecule has 0 aromatic carbocycles. The molecule has 0 rings (SSSR count). The maximum Gasteiger partial charge on any atom is 0.197 e. The Bertz CT molecular complexity index is 98.6. The molecule has 0 aliphatic carbocycles. The van der Waals surface area contributed by atoms with Gasteiger partial charge in [-0.1, -0.05) is 6.92 Å². The summed E-state index contributed by atoms with van der Waals surface area (Å²) in [4.78, 5) is 20.2. The molecule has 3 heteroatoms. The van der Waals surface area contributed by atoms with Crippen molar-refractivity contribution < 1.29 is 9.59 Å². The van der Waals surface area contributed by atoms with Gasteiger partial charge in [-0.3, -0.25) is 9.59 Å². The predicted octanol–water partition coefficient (Wildman–Crippen LogP) is 0.174. The molecule has 0 N–H and O–H groups in total. The Morgan fingerprint density at radius 2 is 1.75 bits per heavy atom. The minimum atomic E-state index is -0.345. The van der Waals surface area contributed by atoms with Crippen LogP contribution in [0.3, 0.4) is 0 Å². The maximum atomic E-state index is 10.2. The molecule has 44 valence electrons. The minimum absolute atomic E-state index is 0. The minimum Gasteiger partial charge on any atom is -0.291 e. The third-order valence-electron chi connectivity index (χ3n) is 0.714. The Hall–Kier alpha value is 0.139. The van der Waals surface area contributed by atoms with Crippen LogP contribution in [0.15, 0.2) is 0 Å². The van der Waals surface area contributed by atoms with Crippen LogP contribution < -0.4 is 0 Å². The summed E-state index contributed by atoms with van der Waals surface area (Å²) in [5.74, 6) is -0.637. The van der Waals surface area contributed by atoms with Crippen LogP contribution >= 0.6 is 0 Å². The van der Waals surface area contributed by atoms with Crippen molar-refractivity contribution in [3.8, 4) is 0 Å². The quantitative estimate of drug-likeness (QED) is 0.490. The summed E-state index contributed by atoms with van der Waals surface area (Å²) in [6.07, 6.45) is 0.329. The van der Waals surface area contributed by atoms with E-state index in [-0.39, 0.29) is 35.5 Å². The Labute approximate surface area is 65.6 Å². The van der Waals surface area contributed by atoms with Crippen molar-refractivity contribution in [1.29, 1.82) is 0 Å². The van der Waals surface area contributed by atoms with E-state index in [1.807, 2.05) is 0 Å². The van der Waals surface area contributed by atoms with Crippen LogP contribution in [0.5, 0.6) is 0 Å². The summed E-state index contributed by atoms with van der Waals surface area (Å²) in [5, 5.41) is 0. The van der Waals surface area contributed by atoms with Crippen LogP contribution in [0.1, 0.15) is 20.3 Å². The largest absolute Gasteiger partial charge is 0.291 e. The van der Waals surface area contributed by atoms with Gasteiger partial charge in [0.25, 0.3) is 0 Å². The number of carbonyl (C=O) groups excluding carboxylic acids is 2. The monoisotopic (exact) mass is 220 g/mol. The molecule has 0 saturated carbocycles. The van der Waals surface area contributed by atoms with Gasteiger partial charge < -0.3 is 0 Å². The molecule has 0 aliphatic heterocycles. The molecule has 0 amide bonds. The van der Waals surface area contributed by atoms with Gasteiger partial charge in [0.1, 0.15) is 0 Å². The standard InChI is InChI=1S/C5H8O2.Sn/c1-3-5(7)4(2)6;/h3H2,1-2H3;. The first-order valence-corrected chi connectivity index (χ1v) is 2.22. The molecule has 0 spiro atoms. The van der Waals surface area contributed by atoms with Crippen molar-refractivity contribution >= 4 is 35.5 Å². The van der Waals surface area contributed by atoms with Crippen molar-refractivity contribution in [2.45, 2.75) is 20.3 Å². The summed E-state index contributed by atoms with van der Waals surface area (Å²) in [6, 6.07) is 0. The second-order valence-corrected chi connectivity index (χ2v) is 1.33. The smallest absolute Gasteiger partial charge is 0.197 e. The zero-order valence-corrected chi connectivity index (χ0v) is 7.88. The van der Waals surface area contributed by atoms with Crippen LogP contribution in [0, 0.1) is 0 Å². The molecular weight excluding hydrogens is 211 g/mol. The van der Waals surface area contributed by atoms with Crippen LogP contribution in [-0.2, 0) is 9.59 Å². The molecule has 0 fully saturated rings. The van der Waals surface area contributed by atoms with E-state index in [1.165, 1.54) is 6.92 Å². The first-order valence-electron chi connectivity index (χ1n) is 2.22. The summed E-state index contributed by atoms with van der Waals surface area (Å²) in [6.45, 7) is 2.95. The number of rotatable bonds is 2. The van der Waals surface area contributed by atoms with Gasteiger partial charge in [-0.2, -0.15) is 0 Å². The van der Waals surface area contributed by atoms with E-state index in [1.54, 1.807) is 6.92 Å². The van der Waals surface area contributed by atoms with Crippen molar-refractivity contribution in [3.63, 3.8) is 0 Å². The van der Waals surface area contributed by atoms with Crippen LogP contribution in [0.4, 0.5) is 0 Å². The van der Waals surface area contributed by atoms with Crippen LogP contribution in [-0.4, -0.2) is 35.5 Å². The van der Waals surface area contributed by atoms with E-state index < -0.39 is 0 Å². The molecule has 0 bridgehead atoms. The molecule has 0 aromatic rings. The predicted molar refractivity (Wildman–Crippen MR) is 31.7 cm³/mol. The van der Waals surface area contributed by atoms with E-state index in [0.717, 1.165) is 0 Å². The number of ketones is 2. The molecule has 0 aliphatic rings. The van der Waals surface area contributed by atoms with Crippen LogP contribution in [0.25, 0.3) is 0 Å². The normalized spacial score (nSPS) is 7.25. The second kappa shape index (κ2) is 5.28. The molecular formula is C5H8O2Sn. The zero-order chi connectivity index (χ0) is 5.86. The summed E-state index contributed by atoms with van der Waals surface area (Å²) in [7, 11) is 0. The third-order valence-corrected chi connectivity index (χ3v) is 0.714. The molecule has 0 saturated heterocycles.